The van der Waals surface area contributed by atoms with Crippen molar-refractivity contribution < 1.29 is 29.0 Å². The van der Waals surface area contributed by atoms with Crippen LogP contribution in [0.1, 0.15) is 12.8 Å². The third-order valence-corrected chi connectivity index (χ3v) is 3.51. The fraction of sp³-hybridized carbons (Fsp3) is 0.250. The van der Waals surface area contributed by atoms with Gasteiger partial charge in [0.1, 0.15) is 5.92 Å². The number of hydrogen-bond donors (Lipinski definition) is 2. The van der Waals surface area contributed by atoms with E-state index in [0.29, 0.717) is 5.57 Å². The van der Waals surface area contributed by atoms with Gasteiger partial charge in [-0.2, -0.15) is 0 Å². The minimum Gasteiger partial charge on any atom is -0.502 e. The standard InChI is InChI=1S/C16H15NO6/c1-3-4-9-13(19)10(16(22)17-15(9)21)5-8-6-11(18)14(20)12(7-8)23-2/h3,5,7,9,20H,1,4,6H2,2H3,(H,17,21,22). The van der Waals surface area contributed by atoms with Crippen LogP contribution < -0.4 is 5.32 Å². The molecular weight excluding hydrogens is 302 g/mol. The molecule has 120 valence electrons. The van der Waals surface area contributed by atoms with Gasteiger partial charge in [-0.05, 0) is 24.1 Å². The average molecular weight is 317 g/mol. The number of aliphatic hydroxyl groups excluding tert-OH is 1. The van der Waals surface area contributed by atoms with Gasteiger partial charge in [-0.1, -0.05) is 6.08 Å². The van der Waals surface area contributed by atoms with Gasteiger partial charge in [0.15, 0.2) is 11.5 Å². The van der Waals surface area contributed by atoms with Crippen LogP contribution in [0.3, 0.4) is 0 Å². The molecule has 0 saturated carbocycles. The maximum absolute atomic E-state index is 12.3. The lowest BCUT2D eigenvalue weighted by atomic mass is 9.87. The number of amides is 2. The summed E-state index contributed by atoms with van der Waals surface area (Å²) in [6.45, 7) is 3.48. The Balaban J connectivity index is 2.39. The van der Waals surface area contributed by atoms with E-state index in [1.54, 1.807) is 0 Å². The van der Waals surface area contributed by atoms with Crippen LogP contribution in [0.25, 0.3) is 0 Å². The first kappa shape index (κ1) is 16.4. The molecule has 0 aromatic rings. The summed E-state index contributed by atoms with van der Waals surface area (Å²) in [5.41, 5.74) is 0.113. The molecule has 1 aliphatic heterocycles. The van der Waals surface area contributed by atoms with Crippen LogP contribution in [0, 0.1) is 5.92 Å². The molecule has 2 rings (SSSR count). The number of ketones is 2. The van der Waals surface area contributed by atoms with Crippen LogP contribution in [0.5, 0.6) is 0 Å². The molecule has 7 heteroatoms. The number of methoxy groups -OCH3 is 1. The number of rotatable bonds is 4. The van der Waals surface area contributed by atoms with Crippen LogP contribution >= 0.6 is 0 Å². The summed E-state index contributed by atoms with van der Waals surface area (Å²) in [7, 11) is 1.28. The predicted octanol–water partition coefficient (Wildman–Crippen LogP) is 0.646. The second-order valence-corrected chi connectivity index (χ2v) is 5.05. The maximum atomic E-state index is 12.3. The zero-order valence-corrected chi connectivity index (χ0v) is 12.4. The van der Waals surface area contributed by atoms with E-state index in [2.05, 4.69) is 11.9 Å². The molecule has 1 heterocycles. The van der Waals surface area contributed by atoms with Gasteiger partial charge in [0.2, 0.25) is 17.4 Å². The minimum atomic E-state index is -1.01. The number of allylic oxidation sites excluding steroid dienone is 5. The Bertz CT molecular complexity index is 710. The lowest BCUT2D eigenvalue weighted by Gasteiger charge is -2.21. The number of hydrogen-bond acceptors (Lipinski definition) is 6. The molecule has 2 N–H and O–H groups in total. The summed E-state index contributed by atoms with van der Waals surface area (Å²) in [4.78, 5) is 47.6. The SMILES string of the molecule is C=CCC1C(=O)NC(=O)C(=CC2=CC(OC)=C(O)C(=O)C2)C1=O. The number of carbonyl (C=O) groups excluding carboxylic acids is 4. The topological polar surface area (TPSA) is 110 Å². The Morgan fingerprint density at radius 1 is 1.39 bits per heavy atom. The molecular formula is C16H15NO6. The largest absolute Gasteiger partial charge is 0.502 e. The lowest BCUT2D eigenvalue weighted by molar-refractivity contribution is -0.139. The zero-order valence-electron chi connectivity index (χ0n) is 12.4. The van der Waals surface area contributed by atoms with E-state index in [9.17, 15) is 24.3 Å². The summed E-state index contributed by atoms with van der Waals surface area (Å²) in [5.74, 6) is -4.25. The molecule has 0 bridgehead atoms. The highest BCUT2D eigenvalue weighted by atomic mass is 16.5. The molecule has 23 heavy (non-hydrogen) atoms. The van der Waals surface area contributed by atoms with Gasteiger partial charge >= 0.3 is 0 Å². The molecule has 0 aromatic carbocycles. The molecule has 1 unspecified atom stereocenters. The Hall–Kier alpha value is -2.96. The van der Waals surface area contributed by atoms with Crippen molar-refractivity contribution >= 4 is 23.4 Å². The first-order valence-corrected chi connectivity index (χ1v) is 6.82. The number of carbonyl (C=O) groups is 4. The van der Waals surface area contributed by atoms with E-state index in [1.807, 2.05) is 0 Å². The average Bonchev–Trinajstić information content (AvgIpc) is 2.51. The highest BCUT2D eigenvalue weighted by Crippen LogP contribution is 2.24. The number of piperidine rings is 1. The van der Waals surface area contributed by atoms with E-state index >= 15 is 0 Å². The van der Waals surface area contributed by atoms with Gasteiger partial charge in [-0.15, -0.1) is 6.58 Å². The Morgan fingerprint density at radius 3 is 2.70 bits per heavy atom. The van der Waals surface area contributed by atoms with Crippen molar-refractivity contribution in [1.29, 1.82) is 0 Å². The van der Waals surface area contributed by atoms with Gasteiger partial charge < -0.3 is 9.84 Å². The zero-order chi connectivity index (χ0) is 17.1. The molecule has 1 aliphatic carbocycles. The number of aliphatic hydroxyl groups is 1. The van der Waals surface area contributed by atoms with Crippen molar-refractivity contribution in [2.45, 2.75) is 12.8 Å². The minimum absolute atomic E-state index is 0.0458. The van der Waals surface area contributed by atoms with Gasteiger partial charge in [0.25, 0.3) is 5.91 Å². The molecule has 1 saturated heterocycles. The highest BCUT2D eigenvalue weighted by molar-refractivity contribution is 6.32. The van der Waals surface area contributed by atoms with E-state index in [4.69, 9.17) is 4.74 Å². The van der Waals surface area contributed by atoms with Crippen LogP contribution in [-0.2, 0) is 23.9 Å². The summed E-state index contributed by atoms with van der Waals surface area (Å²) >= 11 is 0. The van der Waals surface area contributed by atoms with Crippen molar-refractivity contribution in [3.05, 3.63) is 47.5 Å². The van der Waals surface area contributed by atoms with E-state index in [1.165, 1.54) is 25.3 Å². The molecule has 0 aromatic heterocycles. The third-order valence-electron chi connectivity index (χ3n) is 3.51. The summed E-state index contributed by atoms with van der Waals surface area (Å²) < 4.78 is 4.87. The molecule has 0 radical (unpaired) electrons. The summed E-state index contributed by atoms with van der Waals surface area (Å²) in [6.07, 6.45) is 3.95. The van der Waals surface area contributed by atoms with Crippen molar-refractivity contribution in [1.82, 2.24) is 5.32 Å². The first-order valence-electron chi connectivity index (χ1n) is 6.82. The Kier molecular flexibility index (Phi) is 4.59. The first-order chi connectivity index (χ1) is 10.9. The van der Waals surface area contributed by atoms with Crippen LogP contribution in [0.2, 0.25) is 0 Å². The van der Waals surface area contributed by atoms with E-state index < -0.39 is 35.1 Å². The van der Waals surface area contributed by atoms with E-state index in [0.717, 1.165) is 0 Å². The van der Waals surface area contributed by atoms with Crippen molar-refractivity contribution in [2.75, 3.05) is 7.11 Å². The second kappa shape index (κ2) is 6.43. The van der Waals surface area contributed by atoms with Crippen LogP contribution in [0.15, 0.2) is 47.5 Å². The number of nitrogens with one attached hydrogen (secondary N) is 1. The smallest absolute Gasteiger partial charge is 0.261 e. The van der Waals surface area contributed by atoms with Gasteiger partial charge in [0.05, 0.1) is 12.7 Å². The molecule has 7 nitrogen and oxygen atoms in total. The predicted molar refractivity (Wildman–Crippen MR) is 78.9 cm³/mol. The molecule has 2 aliphatic rings. The molecule has 1 atom stereocenters. The Morgan fingerprint density at radius 2 is 2.09 bits per heavy atom. The normalized spacial score (nSPS) is 23.8. The highest BCUT2D eigenvalue weighted by Gasteiger charge is 2.38. The number of Topliss-reactive ketones (excluding diaryl/α,β-unsaturated/α-hetero) is 2. The molecule has 0 spiro atoms. The van der Waals surface area contributed by atoms with E-state index in [-0.39, 0.29) is 24.2 Å². The molecule has 2 amide bonds. The van der Waals surface area contributed by atoms with Crippen LogP contribution in [-0.4, -0.2) is 35.6 Å². The number of imide groups is 1. The Labute approximate surface area is 132 Å². The van der Waals surface area contributed by atoms with Gasteiger partial charge in [-0.25, -0.2) is 0 Å². The van der Waals surface area contributed by atoms with Gasteiger partial charge in [0, 0.05) is 6.42 Å². The maximum Gasteiger partial charge on any atom is 0.261 e. The molecule has 1 fully saturated rings. The van der Waals surface area contributed by atoms with Crippen molar-refractivity contribution in [3.63, 3.8) is 0 Å². The lowest BCUT2D eigenvalue weighted by Crippen LogP contribution is -2.47. The third kappa shape index (κ3) is 3.13. The summed E-state index contributed by atoms with van der Waals surface area (Å²) in [6, 6.07) is 0. The van der Waals surface area contributed by atoms with Crippen molar-refractivity contribution in [2.24, 2.45) is 5.92 Å². The fourth-order valence-electron chi connectivity index (χ4n) is 2.33. The fourth-order valence-corrected chi connectivity index (χ4v) is 2.33. The number of ether oxygens (including phenoxy) is 1. The van der Waals surface area contributed by atoms with Crippen molar-refractivity contribution in [3.8, 4) is 0 Å². The second-order valence-electron chi connectivity index (χ2n) is 5.05. The quantitative estimate of drug-likeness (QED) is 0.259. The summed E-state index contributed by atoms with van der Waals surface area (Å²) in [5, 5.41) is 11.7. The van der Waals surface area contributed by atoms with Crippen LogP contribution in [0.4, 0.5) is 0 Å². The van der Waals surface area contributed by atoms with Gasteiger partial charge in [-0.3, -0.25) is 24.5 Å². The monoisotopic (exact) mass is 317 g/mol.